The molecule has 0 saturated carbocycles. The first-order valence-electron chi connectivity index (χ1n) is 7.90. The quantitative estimate of drug-likeness (QED) is 0.778. The maximum absolute atomic E-state index is 13.8. The molecule has 0 aliphatic rings. The third-order valence-corrected chi connectivity index (χ3v) is 3.80. The van der Waals surface area contributed by atoms with Gasteiger partial charge in [0.15, 0.2) is 0 Å². The van der Waals surface area contributed by atoms with Gasteiger partial charge in [-0.3, -0.25) is 9.59 Å². The van der Waals surface area contributed by atoms with Crippen LogP contribution in [0.15, 0.2) is 77.7 Å². The summed E-state index contributed by atoms with van der Waals surface area (Å²) >= 11 is 0. The lowest BCUT2D eigenvalue weighted by Gasteiger charge is -2.10. The summed E-state index contributed by atoms with van der Waals surface area (Å²) in [5, 5.41) is 2.63. The highest BCUT2D eigenvalue weighted by Gasteiger charge is 2.10. The number of hydrogen-bond acceptors (Lipinski definition) is 2. The van der Waals surface area contributed by atoms with Crippen molar-refractivity contribution in [3.63, 3.8) is 0 Å². The lowest BCUT2D eigenvalue weighted by Crippen LogP contribution is -2.26. The van der Waals surface area contributed by atoms with Gasteiger partial charge in [0.1, 0.15) is 11.5 Å². The van der Waals surface area contributed by atoms with Crippen molar-refractivity contribution in [1.82, 2.24) is 4.57 Å². The Balaban J connectivity index is 1.76. The Morgan fingerprint density at radius 2 is 1.68 bits per heavy atom. The largest absolute Gasteiger partial charge is 0.321 e. The Kier molecular flexibility index (Phi) is 5.04. The zero-order chi connectivity index (χ0) is 17.6. The van der Waals surface area contributed by atoms with Crippen LogP contribution in [0.4, 0.5) is 10.1 Å². The van der Waals surface area contributed by atoms with Crippen LogP contribution in [0.3, 0.4) is 0 Å². The van der Waals surface area contributed by atoms with Gasteiger partial charge in [-0.2, -0.15) is 0 Å². The monoisotopic (exact) mass is 336 g/mol. The number of carbonyl (C=O) groups is 1. The van der Waals surface area contributed by atoms with Gasteiger partial charge in [-0.05, 0) is 23.8 Å². The second-order valence-electron chi connectivity index (χ2n) is 5.66. The molecule has 1 amide bonds. The Morgan fingerprint density at radius 1 is 0.960 bits per heavy atom. The van der Waals surface area contributed by atoms with E-state index in [1.165, 1.54) is 10.6 Å². The van der Waals surface area contributed by atoms with Crippen molar-refractivity contribution in [1.29, 1.82) is 0 Å². The highest BCUT2D eigenvalue weighted by Crippen LogP contribution is 2.09. The maximum atomic E-state index is 13.8. The van der Waals surface area contributed by atoms with Crippen LogP contribution in [-0.4, -0.2) is 10.5 Å². The molecule has 25 heavy (non-hydrogen) atoms. The summed E-state index contributed by atoms with van der Waals surface area (Å²) in [6.45, 7) is 0.105. The molecule has 0 fully saturated rings. The number of hydrogen-bond donors (Lipinski definition) is 1. The Bertz CT molecular complexity index is 936. The lowest BCUT2D eigenvalue weighted by atomic mass is 10.1. The van der Waals surface area contributed by atoms with Crippen LogP contribution >= 0.6 is 0 Å². The Hall–Kier alpha value is -3.21. The number of nitrogens with zero attached hydrogens (tertiary/aromatic N) is 1. The number of rotatable bonds is 5. The second kappa shape index (κ2) is 7.57. The molecule has 1 heterocycles. The van der Waals surface area contributed by atoms with Gasteiger partial charge in [-0.25, -0.2) is 4.39 Å². The first kappa shape index (κ1) is 16.6. The zero-order valence-electron chi connectivity index (χ0n) is 13.5. The zero-order valence-corrected chi connectivity index (χ0v) is 13.5. The molecule has 0 aliphatic heterocycles. The molecule has 0 radical (unpaired) electrons. The molecule has 0 aliphatic carbocycles. The fourth-order valence-electron chi connectivity index (χ4n) is 2.54. The minimum atomic E-state index is -0.368. The molecule has 5 heteroatoms. The molecule has 4 nitrogen and oxygen atoms in total. The van der Waals surface area contributed by atoms with Crippen LogP contribution in [-0.2, 0) is 17.8 Å². The summed E-state index contributed by atoms with van der Waals surface area (Å²) in [7, 11) is 0. The number of benzene rings is 2. The van der Waals surface area contributed by atoms with Crippen LogP contribution < -0.4 is 10.9 Å². The number of pyridine rings is 1. The summed E-state index contributed by atoms with van der Waals surface area (Å²) < 4.78 is 15.1. The highest BCUT2D eigenvalue weighted by molar-refractivity contribution is 5.92. The molecule has 1 N–H and O–H groups in total. The summed E-state index contributed by atoms with van der Waals surface area (Å²) in [4.78, 5) is 24.6. The van der Waals surface area contributed by atoms with Gasteiger partial charge in [-0.15, -0.1) is 0 Å². The lowest BCUT2D eigenvalue weighted by molar-refractivity contribution is -0.115. The molecule has 3 aromatic rings. The van der Waals surface area contributed by atoms with Gasteiger partial charge in [0, 0.05) is 11.8 Å². The summed E-state index contributed by atoms with van der Waals surface area (Å²) in [6.07, 6.45) is 1.75. The normalized spacial score (nSPS) is 10.4. The topological polar surface area (TPSA) is 51.1 Å². The minimum absolute atomic E-state index is 0.105. The molecular weight excluding hydrogens is 319 g/mol. The molecule has 1 aromatic heterocycles. The fourth-order valence-corrected chi connectivity index (χ4v) is 2.54. The SMILES string of the molecule is O=C(Cc1ccccc1)Nc1cccn(Cc2ccccc2F)c1=O. The van der Waals surface area contributed by atoms with Crippen molar-refractivity contribution in [2.45, 2.75) is 13.0 Å². The highest BCUT2D eigenvalue weighted by atomic mass is 19.1. The van der Waals surface area contributed by atoms with Gasteiger partial charge in [0.25, 0.3) is 5.56 Å². The van der Waals surface area contributed by atoms with E-state index >= 15 is 0 Å². The molecule has 126 valence electrons. The Morgan fingerprint density at radius 3 is 2.44 bits per heavy atom. The summed E-state index contributed by atoms with van der Waals surface area (Å²) in [5.74, 6) is -0.639. The number of aromatic nitrogens is 1. The van der Waals surface area contributed by atoms with Crippen molar-refractivity contribution in [2.24, 2.45) is 0 Å². The van der Waals surface area contributed by atoms with Crippen LogP contribution in [0, 0.1) is 5.82 Å². The smallest absolute Gasteiger partial charge is 0.274 e. The van der Waals surface area contributed by atoms with Gasteiger partial charge < -0.3 is 9.88 Å². The predicted octanol–water partition coefficient (Wildman–Crippen LogP) is 3.22. The number of carbonyl (C=O) groups excluding carboxylic acids is 1. The number of halogens is 1. The van der Waals surface area contributed by atoms with E-state index < -0.39 is 0 Å². The van der Waals surface area contributed by atoms with E-state index in [1.807, 2.05) is 30.3 Å². The van der Waals surface area contributed by atoms with E-state index in [2.05, 4.69) is 5.32 Å². The third kappa shape index (κ3) is 4.20. The summed E-state index contributed by atoms with van der Waals surface area (Å²) in [6, 6.07) is 18.8. The van der Waals surface area contributed by atoms with Gasteiger partial charge in [0.05, 0.1) is 13.0 Å². The van der Waals surface area contributed by atoms with Gasteiger partial charge >= 0.3 is 0 Å². The van der Waals surface area contributed by atoms with Crippen LogP contribution in [0.1, 0.15) is 11.1 Å². The van der Waals surface area contributed by atoms with E-state index in [0.29, 0.717) is 5.56 Å². The van der Waals surface area contributed by atoms with Crippen molar-refractivity contribution in [3.05, 3.63) is 100 Å². The number of anilines is 1. The average molecular weight is 336 g/mol. The third-order valence-electron chi connectivity index (χ3n) is 3.80. The fraction of sp³-hybridized carbons (Fsp3) is 0.100. The van der Waals surface area contributed by atoms with Crippen molar-refractivity contribution in [2.75, 3.05) is 5.32 Å². The van der Waals surface area contributed by atoms with E-state index in [-0.39, 0.29) is 35.9 Å². The first-order valence-corrected chi connectivity index (χ1v) is 7.90. The van der Waals surface area contributed by atoms with Gasteiger partial charge in [-0.1, -0.05) is 48.5 Å². The van der Waals surface area contributed by atoms with E-state index in [4.69, 9.17) is 0 Å². The molecule has 0 atom stereocenters. The van der Waals surface area contributed by atoms with Crippen molar-refractivity contribution in [3.8, 4) is 0 Å². The van der Waals surface area contributed by atoms with Crippen LogP contribution in [0.25, 0.3) is 0 Å². The molecular formula is C20H17FN2O2. The minimum Gasteiger partial charge on any atom is -0.321 e. The number of amides is 1. The molecule has 0 spiro atoms. The van der Waals surface area contributed by atoms with Crippen LogP contribution in [0.2, 0.25) is 0 Å². The first-order chi connectivity index (χ1) is 12.1. The Labute approximate surface area is 144 Å². The molecule has 0 saturated heterocycles. The predicted molar refractivity (Wildman–Crippen MR) is 95.0 cm³/mol. The number of nitrogens with one attached hydrogen (secondary N) is 1. The molecule has 3 rings (SSSR count). The van der Waals surface area contributed by atoms with E-state index in [1.54, 1.807) is 36.5 Å². The van der Waals surface area contributed by atoms with Crippen molar-refractivity contribution >= 4 is 11.6 Å². The molecule has 0 bridgehead atoms. The maximum Gasteiger partial charge on any atom is 0.274 e. The summed E-state index contributed by atoms with van der Waals surface area (Å²) in [5.41, 5.74) is 1.09. The van der Waals surface area contributed by atoms with E-state index in [0.717, 1.165) is 5.56 Å². The van der Waals surface area contributed by atoms with Crippen LogP contribution in [0.5, 0.6) is 0 Å². The standard InChI is InChI=1S/C20H17FN2O2/c21-17-10-5-4-9-16(17)14-23-12-6-11-18(20(23)25)22-19(24)13-15-7-2-1-3-8-15/h1-12H,13-14H2,(H,22,24). The molecule has 0 unspecified atom stereocenters. The second-order valence-corrected chi connectivity index (χ2v) is 5.66. The average Bonchev–Trinajstić information content (AvgIpc) is 2.61. The van der Waals surface area contributed by atoms with E-state index in [9.17, 15) is 14.0 Å². The van der Waals surface area contributed by atoms with Gasteiger partial charge in [0.2, 0.25) is 5.91 Å². The van der Waals surface area contributed by atoms with Crippen molar-refractivity contribution < 1.29 is 9.18 Å². The molecule has 2 aromatic carbocycles.